The van der Waals surface area contributed by atoms with Gasteiger partial charge in [0.1, 0.15) is 49.3 Å². The van der Waals surface area contributed by atoms with Crippen molar-refractivity contribution in [1.82, 2.24) is 0 Å². The second kappa shape index (κ2) is 10.5. The van der Waals surface area contributed by atoms with Crippen LogP contribution in [0.25, 0.3) is 0 Å². The zero-order valence-corrected chi connectivity index (χ0v) is 17.8. The van der Waals surface area contributed by atoms with Crippen molar-refractivity contribution in [2.24, 2.45) is 5.92 Å². The smallest absolute Gasteiger partial charge is 0.339 e. The molecule has 32 heavy (non-hydrogen) atoms. The van der Waals surface area contributed by atoms with Gasteiger partial charge in [0.2, 0.25) is 11.6 Å². The SMILES string of the molecule is CC(=O)OOC(C(C)C)[C@@]1(OC2(CO)O[C@H](CO)[C@@H](O)[C@@H]2O)O[C@H](CO)[C@@H](O)[C@H](O)[C@H]1O. The molecule has 14 heteroatoms. The number of carbonyl (C=O) groups is 1. The maximum atomic E-state index is 11.3. The second-order valence-corrected chi connectivity index (χ2v) is 8.17. The summed E-state index contributed by atoms with van der Waals surface area (Å²) < 4.78 is 16.7. The Morgan fingerprint density at radius 1 is 0.906 bits per heavy atom. The van der Waals surface area contributed by atoms with Crippen LogP contribution in [0.3, 0.4) is 0 Å². The third kappa shape index (κ3) is 4.77. The molecule has 10 atom stereocenters. The third-order valence-corrected chi connectivity index (χ3v) is 5.49. The molecule has 0 saturated carbocycles. The van der Waals surface area contributed by atoms with Crippen molar-refractivity contribution in [2.75, 3.05) is 19.8 Å². The molecule has 2 heterocycles. The molecule has 14 nitrogen and oxygen atoms in total. The summed E-state index contributed by atoms with van der Waals surface area (Å²) in [6, 6.07) is 0. The van der Waals surface area contributed by atoms with Crippen molar-refractivity contribution in [3.8, 4) is 0 Å². The quantitative estimate of drug-likeness (QED) is 0.117. The van der Waals surface area contributed by atoms with Gasteiger partial charge < -0.3 is 55.1 Å². The topological polar surface area (TPSA) is 225 Å². The maximum absolute atomic E-state index is 11.3. The summed E-state index contributed by atoms with van der Waals surface area (Å²) in [5.41, 5.74) is 0. The molecule has 0 spiro atoms. The van der Waals surface area contributed by atoms with Crippen LogP contribution >= 0.6 is 0 Å². The van der Waals surface area contributed by atoms with E-state index < -0.39 is 92.1 Å². The van der Waals surface area contributed by atoms with Crippen molar-refractivity contribution in [2.45, 2.75) is 81.2 Å². The van der Waals surface area contributed by atoms with Crippen LogP contribution in [-0.2, 0) is 28.8 Å². The monoisotopic (exact) mass is 472 g/mol. The highest BCUT2D eigenvalue weighted by Crippen LogP contribution is 2.44. The molecule has 0 amide bonds. The zero-order valence-electron chi connectivity index (χ0n) is 17.8. The first-order valence-electron chi connectivity index (χ1n) is 10.0. The molecule has 2 fully saturated rings. The number of hydrogen-bond donors (Lipinski definition) is 8. The van der Waals surface area contributed by atoms with Crippen molar-refractivity contribution in [3.05, 3.63) is 0 Å². The predicted molar refractivity (Wildman–Crippen MR) is 99.1 cm³/mol. The van der Waals surface area contributed by atoms with E-state index in [4.69, 9.17) is 19.1 Å². The van der Waals surface area contributed by atoms with Crippen LogP contribution in [0, 0.1) is 5.92 Å². The van der Waals surface area contributed by atoms with Crippen molar-refractivity contribution in [1.29, 1.82) is 0 Å². The lowest BCUT2D eigenvalue weighted by molar-refractivity contribution is -0.480. The van der Waals surface area contributed by atoms with Crippen LogP contribution in [0.1, 0.15) is 20.8 Å². The summed E-state index contributed by atoms with van der Waals surface area (Å²) in [5.74, 6) is -6.79. The third-order valence-electron chi connectivity index (χ3n) is 5.49. The van der Waals surface area contributed by atoms with Gasteiger partial charge in [-0.1, -0.05) is 13.8 Å². The Kier molecular flexibility index (Phi) is 8.94. The largest absolute Gasteiger partial charge is 0.394 e. The molecule has 2 aliphatic rings. The van der Waals surface area contributed by atoms with Gasteiger partial charge in [0.25, 0.3) is 0 Å². The Balaban J connectivity index is 2.61. The van der Waals surface area contributed by atoms with E-state index in [-0.39, 0.29) is 0 Å². The Morgan fingerprint density at radius 2 is 1.47 bits per heavy atom. The number of rotatable bonds is 9. The van der Waals surface area contributed by atoms with E-state index in [2.05, 4.69) is 4.89 Å². The minimum atomic E-state index is -2.64. The highest BCUT2D eigenvalue weighted by Gasteiger charge is 2.67. The van der Waals surface area contributed by atoms with Gasteiger partial charge in [-0.25, -0.2) is 4.79 Å². The molecule has 0 aliphatic carbocycles. The molecule has 0 aromatic carbocycles. The molecule has 0 aromatic heterocycles. The lowest BCUT2D eigenvalue weighted by Gasteiger charge is -2.53. The number of hydrogen-bond acceptors (Lipinski definition) is 14. The van der Waals surface area contributed by atoms with Crippen LogP contribution in [0.4, 0.5) is 0 Å². The van der Waals surface area contributed by atoms with Gasteiger partial charge in [-0.05, 0) is 5.92 Å². The van der Waals surface area contributed by atoms with Crippen molar-refractivity contribution >= 4 is 5.97 Å². The average Bonchev–Trinajstić information content (AvgIpc) is 2.99. The fourth-order valence-electron chi connectivity index (χ4n) is 3.83. The normalized spacial score (nSPS) is 43.4. The van der Waals surface area contributed by atoms with E-state index in [1.807, 2.05) is 0 Å². The molecule has 2 rings (SSSR count). The highest BCUT2D eigenvalue weighted by molar-refractivity contribution is 5.65. The summed E-state index contributed by atoms with van der Waals surface area (Å²) in [5, 5.41) is 81.2. The van der Waals surface area contributed by atoms with E-state index in [0.717, 1.165) is 6.92 Å². The molecule has 2 unspecified atom stereocenters. The summed E-state index contributed by atoms with van der Waals surface area (Å²) in [7, 11) is 0. The fourth-order valence-corrected chi connectivity index (χ4v) is 3.83. The summed E-state index contributed by atoms with van der Waals surface area (Å²) in [6.07, 6.45) is -14.3. The molecule has 8 N–H and O–H groups in total. The summed E-state index contributed by atoms with van der Waals surface area (Å²) in [4.78, 5) is 21.0. The number of aliphatic hydroxyl groups is 8. The molecule has 0 aromatic rings. The molecular weight excluding hydrogens is 440 g/mol. The Hall–Kier alpha value is -1.01. The van der Waals surface area contributed by atoms with Gasteiger partial charge in [-0.15, -0.1) is 0 Å². The van der Waals surface area contributed by atoms with Crippen LogP contribution < -0.4 is 0 Å². The lowest BCUT2D eigenvalue weighted by Crippen LogP contribution is -2.74. The van der Waals surface area contributed by atoms with E-state index in [9.17, 15) is 45.6 Å². The molecule has 0 bridgehead atoms. The van der Waals surface area contributed by atoms with Crippen LogP contribution in [0.15, 0.2) is 0 Å². The molecule has 0 radical (unpaired) electrons. The maximum Gasteiger partial charge on any atom is 0.339 e. The van der Waals surface area contributed by atoms with Gasteiger partial charge in [0.15, 0.2) is 6.10 Å². The summed E-state index contributed by atoms with van der Waals surface area (Å²) >= 11 is 0. The molecule has 188 valence electrons. The number of aliphatic hydroxyl groups excluding tert-OH is 8. The van der Waals surface area contributed by atoms with Gasteiger partial charge in [0.05, 0.1) is 13.2 Å². The van der Waals surface area contributed by atoms with E-state index in [1.165, 1.54) is 13.8 Å². The number of ether oxygens (including phenoxy) is 3. The molecular formula is C18H32O14. The van der Waals surface area contributed by atoms with Gasteiger partial charge in [-0.2, -0.15) is 4.89 Å². The predicted octanol–water partition coefficient (Wildman–Crippen LogP) is -4.51. The second-order valence-electron chi connectivity index (χ2n) is 8.17. The van der Waals surface area contributed by atoms with Crippen LogP contribution in [-0.4, -0.2) is 127 Å². The first-order valence-corrected chi connectivity index (χ1v) is 10.0. The molecule has 2 aliphatic heterocycles. The Bertz CT molecular complexity index is 631. The van der Waals surface area contributed by atoms with Gasteiger partial charge in [-0.3, -0.25) is 4.89 Å². The Labute approximate surface area is 183 Å². The number of carbonyl (C=O) groups excluding carboxylic acids is 1. The first-order chi connectivity index (χ1) is 14.9. The standard InChI is InChI=1S/C18H32O14/c1-7(2)16(31-30-8(3)22)18(15(27)13(25)11(23)9(4-19)29-18)32-17(6-21)14(26)12(24)10(5-20)28-17/h7,9-16,19-21,23-27H,4-6H2,1-3H3/t9-,10-,11-,12-,13+,14+,15-,16?,17?,18-/m1/s1. The minimum Gasteiger partial charge on any atom is -0.394 e. The van der Waals surface area contributed by atoms with E-state index in [0.29, 0.717) is 0 Å². The molecule has 2 saturated heterocycles. The van der Waals surface area contributed by atoms with E-state index >= 15 is 0 Å². The summed E-state index contributed by atoms with van der Waals surface area (Å²) in [6.45, 7) is 1.26. The first kappa shape index (κ1) is 27.2. The van der Waals surface area contributed by atoms with Crippen LogP contribution in [0.5, 0.6) is 0 Å². The minimum absolute atomic E-state index is 0.723. The average molecular weight is 472 g/mol. The fraction of sp³-hybridized carbons (Fsp3) is 0.944. The highest BCUT2D eigenvalue weighted by atomic mass is 17.2. The van der Waals surface area contributed by atoms with Crippen LogP contribution in [0.2, 0.25) is 0 Å². The van der Waals surface area contributed by atoms with E-state index in [1.54, 1.807) is 0 Å². The zero-order chi connectivity index (χ0) is 24.4. The van der Waals surface area contributed by atoms with Gasteiger partial charge >= 0.3 is 5.97 Å². The van der Waals surface area contributed by atoms with Crippen molar-refractivity contribution in [3.63, 3.8) is 0 Å². The van der Waals surface area contributed by atoms with Crippen molar-refractivity contribution < 1.29 is 69.6 Å². The van der Waals surface area contributed by atoms with Gasteiger partial charge in [0, 0.05) is 6.92 Å². The Morgan fingerprint density at radius 3 is 1.91 bits per heavy atom. The lowest BCUT2D eigenvalue weighted by atomic mass is 9.84.